The van der Waals surface area contributed by atoms with Gasteiger partial charge in [0.15, 0.2) is 0 Å². The monoisotopic (exact) mass is 517 g/mol. The van der Waals surface area contributed by atoms with Gasteiger partial charge < -0.3 is 10.6 Å². The summed E-state index contributed by atoms with van der Waals surface area (Å²) in [6.45, 7) is 0. The normalized spacial score (nSPS) is 11.1. The number of hydrogen-bond acceptors (Lipinski definition) is 6. The van der Waals surface area contributed by atoms with E-state index in [2.05, 4.69) is 20.6 Å². The van der Waals surface area contributed by atoms with Crippen LogP contribution in [0.25, 0.3) is 27.9 Å². The van der Waals surface area contributed by atoms with E-state index in [0.29, 0.717) is 33.5 Å². The lowest BCUT2D eigenvalue weighted by Crippen LogP contribution is -2.32. The number of para-hydroxylation sites is 2. The first kappa shape index (κ1) is 25.2. The lowest BCUT2D eigenvalue weighted by atomic mass is 9.94. The Hall–Kier alpha value is -5.41. The molecule has 0 fully saturated rings. The van der Waals surface area contributed by atoms with Crippen molar-refractivity contribution in [2.75, 3.05) is 10.6 Å². The van der Waals surface area contributed by atoms with E-state index in [0.717, 1.165) is 16.8 Å². The molecule has 0 aliphatic heterocycles. The third kappa shape index (κ3) is 5.63. The Labute approximate surface area is 223 Å². The summed E-state index contributed by atoms with van der Waals surface area (Å²) in [5.74, 6) is -3.09. The highest BCUT2D eigenvalue weighted by atomic mass is 16.5. The van der Waals surface area contributed by atoms with Crippen molar-refractivity contribution < 1.29 is 19.6 Å². The zero-order valence-corrected chi connectivity index (χ0v) is 20.5. The first-order chi connectivity index (χ1) is 19.0. The number of carbonyl (C=O) groups is 3. The molecule has 0 unspecified atom stereocenters. The van der Waals surface area contributed by atoms with Crippen molar-refractivity contribution in [2.24, 2.45) is 0 Å². The SMILES string of the molecule is O=C(/C=C/c1cccc(C(C(=O)Nc2cccc3cccnc23)C(=O)Nc2cccc3cccnc23)c1)NO. The third-order valence-electron chi connectivity index (χ3n) is 6.09. The summed E-state index contributed by atoms with van der Waals surface area (Å²) in [6.07, 6.45) is 5.87. The van der Waals surface area contributed by atoms with Crippen molar-refractivity contribution in [3.05, 3.63) is 115 Å². The maximum absolute atomic E-state index is 13.7. The molecule has 4 N–H and O–H groups in total. The fraction of sp³-hybridized carbons (Fsp3) is 0.0333. The quantitative estimate of drug-likeness (QED) is 0.107. The van der Waals surface area contributed by atoms with Gasteiger partial charge in [0.1, 0.15) is 5.92 Å². The zero-order chi connectivity index (χ0) is 27.2. The molecule has 3 amide bonds. The summed E-state index contributed by atoms with van der Waals surface area (Å²) in [6, 6.07) is 24.9. The van der Waals surface area contributed by atoms with Crippen molar-refractivity contribution in [3.63, 3.8) is 0 Å². The molecule has 5 aromatic rings. The number of anilines is 2. The van der Waals surface area contributed by atoms with E-state index in [1.165, 1.54) is 11.6 Å². The number of carbonyl (C=O) groups excluding carboxylic acids is 3. The molecule has 0 radical (unpaired) electrons. The predicted molar refractivity (Wildman–Crippen MR) is 149 cm³/mol. The van der Waals surface area contributed by atoms with Crippen LogP contribution in [0.3, 0.4) is 0 Å². The number of rotatable bonds is 7. The van der Waals surface area contributed by atoms with Gasteiger partial charge in [0.05, 0.1) is 22.4 Å². The van der Waals surface area contributed by atoms with Crippen LogP contribution < -0.4 is 16.1 Å². The molecule has 0 saturated heterocycles. The first-order valence-corrected chi connectivity index (χ1v) is 12.0. The first-order valence-electron chi connectivity index (χ1n) is 12.0. The van der Waals surface area contributed by atoms with Crippen LogP contribution in [-0.4, -0.2) is 32.9 Å². The molecule has 192 valence electrons. The van der Waals surface area contributed by atoms with E-state index < -0.39 is 23.6 Å². The van der Waals surface area contributed by atoms with E-state index in [-0.39, 0.29) is 0 Å². The number of pyridine rings is 2. The highest BCUT2D eigenvalue weighted by Gasteiger charge is 2.30. The van der Waals surface area contributed by atoms with E-state index in [1.807, 2.05) is 24.3 Å². The van der Waals surface area contributed by atoms with Crippen LogP contribution in [0.15, 0.2) is 103 Å². The Morgan fingerprint density at radius 2 is 1.26 bits per heavy atom. The minimum absolute atomic E-state index is 0.401. The highest BCUT2D eigenvalue weighted by molar-refractivity contribution is 6.17. The topological polar surface area (TPSA) is 133 Å². The van der Waals surface area contributed by atoms with E-state index >= 15 is 0 Å². The van der Waals surface area contributed by atoms with Gasteiger partial charge in [-0.15, -0.1) is 0 Å². The molecule has 5 rings (SSSR count). The van der Waals surface area contributed by atoms with Crippen LogP contribution in [0.2, 0.25) is 0 Å². The minimum Gasteiger partial charge on any atom is -0.323 e. The molecular formula is C30H23N5O4. The van der Waals surface area contributed by atoms with Gasteiger partial charge in [-0.25, -0.2) is 5.48 Å². The molecule has 0 atom stereocenters. The number of hydroxylamine groups is 1. The average Bonchev–Trinajstić information content (AvgIpc) is 2.96. The summed E-state index contributed by atoms with van der Waals surface area (Å²) in [5, 5.41) is 16.2. The lowest BCUT2D eigenvalue weighted by molar-refractivity contribution is -0.126. The van der Waals surface area contributed by atoms with Crippen molar-refractivity contribution in [3.8, 4) is 0 Å². The van der Waals surface area contributed by atoms with Crippen LogP contribution in [0.5, 0.6) is 0 Å². The Balaban J connectivity index is 1.52. The largest absolute Gasteiger partial charge is 0.323 e. The number of fused-ring (bicyclic) bond motifs is 2. The fourth-order valence-corrected chi connectivity index (χ4v) is 4.29. The number of amides is 3. The standard InChI is InChI=1S/C30H23N5O4/c36-25(35-39)15-14-19-6-1-9-22(18-19)26(29(37)33-23-12-2-7-20-10-4-16-31-27(20)23)30(38)34-24-13-3-8-21-11-5-17-32-28(21)24/h1-18,26,39H,(H,33,37)(H,34,38)(H,35,36)/b15-14+. The second-order valence-electron chi connectivity index (χ2n) is 8.65. The van der Waals surface area contributed by atoms with Crippen molar-refractivity contribution in [1.29, 1.82) is 0 Å². The van der Waals surface area contributed by atoms with Gasteiger partial charge in [0, 0.05) is 29.2 Å². The number of nitrogens with one attached hydrogen (secondary N) is 3. The third-order valence-corrected chi connectivity index (χ3v) is 6.09. The summed E-state index contributed by atoms with van der Waals surface area (Å²) in [5.41, 5.74) is 4.61. The minimum atomic E-state index is -1.26. The van der Waals surface area contributed by atoms with Crippen LogP contribution in [-0.2, 0) is 14.4 Å². The van der Waals surface area contributed by atoms with Crippen LogP contribution in [0, 0.1) is 0 Å². The molecule has 0 saturated carbocycles. The van der Waals surface area contributed by atoms with Crippen LogP contribution >= 0.6 is 0 Å². The van der Waals surface area contributed by atoms with Crippen LogP contribution in [0.1, 0.15) is 17.0 Å². The molecule has 0 spiro atoms. The van der Waals surface area contributed by atoms with Gasteiger partial charge in [0.25, 0.3) is 5.91 Å². The second kappa shape index (κ2) is 11.3. The Morgan fingerprint density at radius 1 is 0.718 bits per heavy atom. The smallest absolute Gasteiger partial charge is 0.267 e. The van der Waals surface area contributed by atoms with Gasteiger partial charge in [-0.1, -0.05) is 60.7 Å². The summed E-state index contributed by atoms with van der Waals surface area (Å²) in [7, 11) is 0. The molecule has 3 aromatic carbocycles. The Kier molecular flexibility index (Phi) is 7.33. The highest BCUT2D eigenvalue weighted by Crippen LogP contribution is 2.27. The van der Waals surface area contributed by atoms with Crippen molar-refractivity contribution in [1.82, 2.24) is 15.4 Å². The van der Waals surface area contributed by atoms with E-state index in [9.17, 15) is 14.4 Å². The maximum Gasteiger partial charge on any atom is 0.267 e. The van der Waals surface area contributed by atoms with Gasteiger partial charge >= 0.3 is 0 Å². The molecule has 0 aliphatic rings. The van der Waals surface area contributed by atoms with Crippen LogP contribution in [0.4, 0.5) is 11.4 Å². The molecular weight excluding hydrogens is 494 g/mol. The fourth-order valence-electron chi connectivity index (χ4n) is 4.29. The van der Waals surface area contributed by atoms with Crippen molar-refractivity contribution in [2.45, 2.75) is 5.92 Å². The molecule has 0 aliphatic carbocycles. The summed E-state index contributed by atoms with van der Waals surface area (Å²) < 4.78 is 0. The average molecular weight is 518 g/mol. The number of aromatic nitrogens is 2. The molecule has 2 aromatic heterocycles. The zero-order valence-electron chi connectivity index (χ0n) is 20.5. The van der Waals surface area contributed by atoms with E-state index in [4.69, 9.17) is 5.21 Å². The Morgan fingerprint density at radius 3 is 1.82 bits per heavy atom. The van der Waals surface area contributed by atoms with Gasteiger partial charge in [-0.2, -0.15) is 0 Å². The van der Waals surface area contributed by atoms with Gasteiger partial charge in [-0.3, -0.25) is 29.6 Å². The molecule has 9 nitrogen and oxygen atoms in total. The molecule has 0 bridgehead atoms. The summed E-state index contributed by atoms with van der Waals surface area (Å²) >= 11 is 0. The molecule has 39 heavy (non-hydrogen) atoms. The lowest BCUT2D eigenvalue weighted by Gasteiger charge is -2.19. The number of hydrogen-bond donors (Lipinski definition) is 4. The maximum atomic E-state index is 13.7. The second-order valence-corrected chi connectivity index (χ2v) is 8.65. The Bertz CT molecular complexity index is 1630. The van der Waals surface area contributed by atoms with Gasteiger partial charge in [0.2, 0.25) is 11.8 Å². The number of nitrogens with zero attached hydrogens (tertiary/aromatic N) is 2. The van der Waals surface area contributed by atoms with Gasteiger partial charge in [-0.05, 0) is 41.5 Å². The van der Waals surface area contributed by atoms with E-state index in [1.54, 1.807) is 73.1 Å². The number of benzene rings is 3. The summed E-state index contributed by atoms with van der Waals surface area (Å²) in [4.78, 5) is 47.7. The van der Waals surface area contributed by atoms with Crippen molar-refractivity contribution >= 4 is 57.0 Å². The molecule has 2 heterocycles. The molecule has 9 heteroatoms. The predicted octanol–water partition coefficient (Wildman–Crippen LogP) is 4.66.